The van der Waals surface area contributed by atoms with E-state index in [1.54, 1.807) is 0 Å². The maximum absolute atomic E-state index is 6.36. The zero-order valence-electron chi connectivity index (χ0n) is 9.01. The van der Waals surface area contributed by atoms with Crippen molar-refractivity contribution >= 4 is 17.3 Å². The van der Waals surface area contributed by atoms with Gasteiger partial charge in [0.1, 0.15) is 11.5 Å². The Kier molecular flexibility index (Phi) is 2.36. The van der Waals surface area contributed by atoms with Gasteiger partial charge in [0.05, 0.1) is 23.9 Å². The van der Waals surface area contributed by atoms with Gasteiger partial charge < -0.3 is 15.2 Å². The zero-order chi connectivity index (χ0) is 11.1. The molecule has 3 nitrogen and oxygen atoms in total. The fourth-order valence-corrected chi connectivity index (χ4v) is 2.77. The van der Waals surface area contributed by atoms with E-state index in [0.29, 0.717) is 5.02 Å². The minimum atomic E-state index is 0.707. The minimum Gasteiger partial charge on any atom is -0.492 e. The third-order valence-corrected chi connectivity index (χ3v) is 3.62. The van der Waals surface area contributed by atoms with Crippen molar-refractivity contribution in [1.29, 1.82) is 0 Å². The number of fused-ring (bicyclic) bond motifs is 2. The summed E-state index contributed by atoms with van der Waals surface area (Å²) >= 11 is 6.36. The highest BCUT2D eigenvalue weighted by atomic mass is 35.5. The minimum absolute atomic E-state index is 0.707. The topological polar surface area (TPSA) is 44.5 Å². The largest absolute Gasteiger partial charge is 0.492 e. The van der Waals surface area contributed by atoms with Crippen molar-refractivity contribution in [3.8, 4) is 11.5 Å². The summed E-state index contributed by atoms with van der Waals surface area (Å²) in [6, 6.07) is 0. The van der Waals surface area contributed by atoms with Crippen LogP contribution in [0.3, 0.4) is 0 Å². The van der Waals surface area contributed by atoms with E-state index in [4.69, 9.17) is 26.8 Å². The van der Waals surface area contributed by atoms with Crippen LogP contribution in [0, 0.1) is 0 Å². The molecule has 0 unspecified atom stereocenters. The first-order valence-corrected chi connectivity index (χ1v) is 6.05. The van der Waals surface area contributed by atoms with E-state index in [0.717, 1.165) is 67.2 Å². The van der Waals surface area contributed by atoms with Gasteiger partial charge in [0.15, 0.2) is 0 Å². The molecule has 2 aliphatic rings. The lowest BCUT2D eigenvalue weighted by Crippen LogP contribution is -2.17. The van der Waals surface area contributed by atoms with Crippen LogP contribution in [0.5, 0.6) is 11.5 Å². The molecule has 0 fully saturated rings. The molecule has 2 aliphatic heterocycles. The van der Waals surface area contributed by atoms with Gasteiger partial charge >= 0.3 is 0 Å². The number of benzene rings is 1. The van der Waals surface area contributed by atoms with Gasteiger partial charge in [0, 0.05) is 11.1 Å². The maximum Gasteiger partial charge on any atom is 0.147 e. The highest BCUT2D eigenvalue weighted by molar-refractivity contribution is 6.33. The van der Waals surface area contributed by atoms with E-state index in [9.17, 15) is 0 Å². The zero-order valence-corrected chi connectivity index (χ0v) is 9.77. The van der Waals surface area contributed by atoms with Crippen LogP contribution in [0.4, 0.5) is 5.69 Å². The summed E-state index contributed by atoms with van der Waals surface area (Å²) in [5, 5.41) is 0.707. The van der Waals surface area contributed by atoms with Crippen molar-refractivity contribution in [2.24, 2.45) is 0 Å². The average molecular weight is 240 g/mol. The average Bonchev–Trinajstić information content (AvgIpc) is 2.36. The number of hydrogen-bond donors (Lipinski definition) is 1. The number of nitrogen functional groups attached to an aromatic ring is 1. The van der Waals surface area contributed by atoms with Crippen molar-refractivity contribution in [1.82, 2.24) is 0 Å². The fourth-order valence-electron chi connectivity index (χ4n) is 2.42. The van der Waals surface area contributed by atoms with E-state index >= 15 is 0 Å². The number of nitrogens with two attached hydrogens (primary N) is 1. The Morgan fingerprint density at radius 2 is 1.56 bits per heavy atom. The van der Waals surface area contributed by atoms with Crippen LogP contribution in [0.2, 0.25) is 5.02 Å². The van der Waals surface area contributed by atoms with E-state index in [2.05, 4.69) is 0 Å². The Hall–Kier alpha value is -1.09. The summed E-state index contributed by atoms with van der Waals surface area (Å²) in [5.41, 5.74) is 8.90. The number of anilines is 1. The van der Waals surface area contributed by atoms with Crippen molar-refractivity contribution in [3.63, 3.8) is 0 Å². The van der Waals surface area contributed by atoms with Crippen molar-refractivity contribution < 1.29 is 9.47 Å². The number of hydrogen-bond acceptors (Lipinski definition) is 3. The Bertz CT molecular complexity index is 367. The van der Waals surface area contributed by atoms with Crippen LogP contribution in [0.15, 0.2) is 0 Å². The summed E-state index contributed by atoms with van der Waals surface area (Å²) in [6.45, 7) is 1.46. The van der Waals surface area contributed by atoms with E-state index in [-0.39, 0.29) is 0 Å². The van der Waals surface area contributed by atoms with Crippen molar-refractivity contribution in [2.45, 2.75) is 25.7 Å². The first kappa shape index (κ1) is 10.1. The van der Waals surface area contributed by atoms with E-state index in [1.807, 2.05) is 0 Å². The molecule has 0 aliphatic carbocycles. The van der Waals surface area contributed by atoms with E-state index in [1.165, 1.54) is 0 Å². The highest BCUT2D eigenvalue weighted by Crippen LogP contribution is 2.47. The van der Waals surface area contributed by atoms with Crippen molar-refractivity contribution in [2.75, 3.05) is 18.9 Å². The molecule has 0 spiro atoms. The molecule has 1 aromatic rings. The summed E-state index contributed by atoms with van der Waals surface area (Å²) in [5.74, 6) is 1.58. The molecule has 3 rings (SSSR count). The second-order valence-electron chi connectivity index (χ2n) is 4.25. The normalized spacial score (nSPS) is 18.1. The first-order chi connectivity index (χ1) is 7.79. The number of halogens is 1. The molecule has 0 aromatic heterocycles. The standard InChI is InChI=1S/C12H14ClNO2/c13-9-7-3-1-6-16-12(7)10(14)8-4-2-5-15-11(8)9/h1-6,14H2. The lowest BCUT2D eigenvalue weighted by Gasteiger charge is -2.27. The molecule has 16 heavy (non-hydrogen) atoms. The molecular formula is C12H14ClNO2. The molecule has 4 heteroatoms. The third kappa shape index (κ3) is 1.34. The van der Waals surface area contributed by atoms with Crippen molar-refractivity contribution in [3.05, 3.63) is 16.1 Å². The molecule has 2 heterocycles. The Balaban J connectivity index is 2.24. The molecule has 0 atom stereocenters. The molecular weight excluding hydrogens is 226 g/mol. The summed E-state index contributed by atoms with van der Waals surface area (Å²) in [4.78, 5) is 0. The molecule has 0 radical (unpaired) electrons. The van der Waals surface area contributed by atoms with Gasteiger partial charge in [-0.3, -0.25) is 0 Å². The lowest BCUT2D eigenvalue weighted by atomic mass is 9.97. The van der Waals surface area contributed by atoms with Gasteiger partial charge in [-0.25, -0.2) is 0 Å². The molecule has 0 amide bonds. The highest BCUT2D eigenvalue weighted by Gasteiger charge is 2.27. The summed E-state index contributed by atoms with van der Waals surface area (Å²) < 4.78 is 11.3. The molecule has 1 aromatic carbocycles. The monoisotopic (exact) mass is 239 g/mol. The Morgan fingerprint density at radius 3 is 2.31 bits per heavy atom. The lowest BCUT2D eigenvalue weighted by molar-refractivity contribution is 0.275. The number of ether oxygens (including phenoxy) is 2. The molecule has 0 bridgehead atoms. The van der Waals surface area contributed by atoms with Gasteiger partial charge in [-0.05, 0) is 25.7 Å². The van der Waals surface area contributed by atoms with Crippen LogP contribution in [-0.2, 0) is 12.8 Å². The predicted molar refractivity (Wildman–Crippen MR) is 63.5 cm³/mol. The van der Waals surface area contributed by atoms with E-state index < -0.39 is 0 Å². The Labute approximate surface area is 99.5 Å². The van der Waals surface area contributed by atoms with Gasteiger partial charge in [-0.1, -0.05) is 11.6 Å². The number of rotatable bonds is 0. The van der Waals surface area contributed by atoms with Gasteiger partial charge in [-0.2, -0.15) is 0 Å². The fraction of sp³-hybridized carbons (Fsp3) is 0.500. The summed E-state index contributed by atoms with van der Waals surface area (Å²) in [6.07, 6.45) is 3.84. The Morgan fingerprint density at radius 1 is 0.938 bits per heavy atom. The smallest absolute Gasteiger partial charge is 0.147 e. The molecule has 0 saturated carbocycles. The van der Waals surface area contributed by atoms with Crippen LogP contribution in [0.25, 0.3) is 0 Å². The second kappa shape index (κ2) is 3.74. The van der Waals surface area contributed by atoms with Gasteiger partial charge in [-0.15, -0.1) is 0 Å². The van der Waals surface area contributed by atoms with Gasteiger partial charge in [0.25, 0.3) is 0 Å². The quantitative estimate of drug-likeness (QED) is 0.708. The maximum atomic E-state index is 6.36. The SMILES string of the molecule is Nc1c2c(c(Cl)c3c1OCCC3)OCCC2. The predicted octanol–water partition coefficient (Wildman–Crippen LogP) is 2.57. The summed E-state index contributed by atoms with van der Waals surface area (Å²) in [7, 11) is 0. The van der Waals surface area contributed by atoms with Gasteiger partial charge in [0.2, 0.25) is 0 Å². The molecule has 86 valence electrons. The second-order valence-corrected chi connectivity index (χ2v) is 4.63. The van der Waals surface area contributed by atoms with Crippen LogP contribution in [0.1, 0.15) is 24.0 Å². The van der Waals surface area contributed by atoms with Crippen LogP contribution in [-0.4, -0.2) is 13.2 Å². The first-order valence-electron chi connectivity index (χ1n) is 5.67. The molecule has 2 N–H and O–H groups in total. The van der Waals surface area contributed by atoms with Crippen LogP contribution >= 0.6 is 11.6 Å². The van der Waals surface area contributed by atoms with Crippen LogP contribution < -0.4 is 15.2 Å². The molecule has 0 saturated heterocycles. The third-order valence-electron chi connectivity index (χ3n) is 3.22.